The monoisotopic (exact) mass is 731 g/mol. The van der Waals surface area contributed by atoms with Crippen LogP contribution < -0.4 is 19.5 Å². The second-order valence-electron chi connectivity index (χ2n) is 12.0. The van der Waals surface area contributed by atoms with E-state index in [1.165, 1.54) is 23.5 Å². The maximum Gasteiger partial charge on any atom is 0.407 e. The molecule has 2 heterocycles. The molecule has 1 N–H and O–H groups in total. The first-order valence-electron chi connectivity index (χ1n) is 16.1. The topological polar surface area (TPSA) is 144 Å². The number of ether oxygens (including phenoxy) is 7. The zero-order chi connectivity index (χ0) is 36.1. The first kappa shape index (κ1) is 38.9. The Morgan fingerprint density at radius 2 is 1.86 bits per heavy atom. The number of hydrogen-bond donors (Lipinski definition) is 1. The minimum atomic E-state index is -4.01. The van der Waals surface area contributed by atoms with E-state index in [9.17, 15) is 13.2 Å². The molecule has 2 aromatic carbocycles. The molecule has 3 atom stereocenters. The number of aromatic nitrogens is 1. The van der Waals surface area contributed by atoms with Crippen LogP contribution in [0.1, 0.15) is 37.0 Å². The van der Waals surface area contributed by atoms with E-state index in [4.69, 9.17) is 39.6 Å². The lowest BCUT2D eigenvalue weighted by Gasteiger charge is -2.32. The maximum absolute atomic E-state index is 14.0. The summed E-state index contributed by atoms with van der Waals surface area (Å²) in [5.41, 5.74) is 1.70. The van der Waals surface area contributed by atoms with E-state index < -0.39 is 34.4 Å². The fraction of sp³-hybridized carbons (Fsp3) is 0.486. The van der Waals surface area contributed by atoms with Gasteiger partial charge in [0.15, 0.2) is 11.5 Å². The second kappa shape index (κ2) is 18.9. The standard InChI is InChI=1S/C35H45N3O10S2/c1-7-14-43-22-44-19-25(4)48-35(39)37-31(15-27-8-10-29(11-9-27)45-20-28-21-49-26(5)36-28)34(42-6)18-38(17-24(2)3)50(40,41)30-12-13-32-33(16-30)47-23-46-32/h1,8-13,16,21,24-25,31,34H,14-15,17-20,22-23H2,2-6H3,(H,37,39)/t25-,31+,34-/m1/s1. The first-order chi connectivity index (χ1) is 24.0. The van der Waals surface area contributed by atoms with Crippen molar-refractivity contribution in [1.82, 2.24) is 14.6 Å². The normalized spacial score (nSPS) is 14.3. The third-order valence-corrected chi connectivity index (χ3v) is 10.1. The molecule has 0 saturated heterocycles. The van der Waals surface area contributed by atoms with Crippen molar-refractivity contribution in [3.05, 3.63) is 64.1 Å². The van der Waals surface area contributed by atoms with Crippen molar-refractivity contribution in [1.29, 1.82) is 0 Å². The van der Waals surface area contributed by atoms with Gasteiger partial charge < -0.3 is 38.5 Å². The highest BCUT2D eigenvalue weighted by Crippen LogP contribution is 2.35. The Hall–Kier alpha value is -3.91. The zero-order valence-corrected chi connectivity index (χ0v) is 30.6. The molecule has 0 fully saturated rings. The Morgan fingerprint density at radius 1 is 1.10 bits per heavy atom. The highest BCUT2D eigenvalue weighted by Gasteiger charge is 2.34. The van der Waals surface area contributed by atoms with Crippen LogP contribution in [0.4, 0.5) is 4.79 Å². The molecule has 3 aromatic rings. The van der Waals surface area contributed by atoms with Crippen molar-refractivity contribution in [3.63, 3.8) is 0 Å². The summed E-state index contributed by atoms with van der Waals surface area (Å²) >= 11 is 1.56. The van der Waals surface area contributed by atoms with E-state index in [1.54, 1.807) is 24.3 Å². The number of hydrogen-bond acceptors (Lipinski definition) is 12. The van der Waals surface area contributed by atoms with Crippen LogP contribution in [0.25, 0.3) is 0 Å². The molecule has 1 amide bonds. The Morgan fingerprint density at radius 3 is 2.54 bits per heavy atom. The van der Waals surface area contributed by atoms with Crippen LogP contribution in [0.5, 0.6) is 17.2 Å². The molecule has 50 heavy (non-hydrogen) atoms. The van der Waals surface area contributed by atoms with E-state index in [0.717, 1.165) is 16.3 Å². The summed E-state index contributed by atoms with van der Waals surface area (Å²) in [6.45, 7) is 8.12. The van der Waals surface area contributed by atoms with Gasteiger partial charge in [0, 0.05) is 31.6 Å². The van der Waals surface area contributed by atoms with E-state index in [-0.39, 0.29) is 50.7 Å². The lowest BCUT2D eigenvalue weighted by atomic mass is 10.0. The average Bonchev–Trinajstić information content (AvgIpc) is 3.73. The van der Waals surface area contributed by atoms with Crippen molar-refractivity contribution in [2.75, 3.05) is 47.0 Å². The summed E-state index contributed by atoms with van der Waals surface area (Å²) in [4.78, 5) is 17.7. The Kier molecular flexibility index (Phi) is 14.7. The summed E-state index contributed by atoms with van der Waals surface area (Å²) < 4.78 is 68.1. The summed E-state index contributed by atoms with van der Waals surface area (Å²) in [5.74, 6) is 3.82. The van der Waals surface area contributed by atoms with Crippen LogP contribution in [0, 0.1) is 25.2 Å². The van der Waals surface area contributed by atoms with Gasteiger partial charge in [-0.1, -0.05) is 31.9 Å². The van der Waals surface area contributed by atoms with E-state index >= 15 is 0 Å². The molecule has 13 nitrogen and oxygen atoms in total. The number of sulfonamides is 1. The van der Waals surface area contributed by atoms with Crippen molar-refractivity contribution in [2.45, 2.75) is 63.9 Å². The number of nitrogens with one attached hydrogen (secondary N) is 1. The maximum atomic E-state index is 14.0. The zero-order valence-electron chi connectivity index (χ0n) is 29.0. The predicted octanol–water partition coefficient (Wildman–Crippen LogP) is 4.77. The molecule has 0 aliphatic carbocycles. The van der Waals surface area contributed by atoms with Gasteiger partial charge in [-0.2, -0.15) is 4.31 Å². The molecular formula is C35H45N3O10S2. The summed E-state index contributed by atoms with van der Waals surface area (Å²) in [7, 11) is -2.53. The number of terminal acetylenes is 1. The molecular weight excluding hydrogens is 687 g/mol. The highest BCUT2D eigenvalue weighted by atomic mass is 32.2. The first-order valence-corrected chi connectivity index (χ1v) is 18.4. The third kappa shape index (κ3) is 11.6. The van der Waals surface area contributed by atoms with Crippen LogP contribution in [-0.4, -0.2) is 89.0 Å². The van der Waals surface area contributed by atoms with Crippen LogP contribution in [0.15, 0.2) is 52.7 Å². The van der Waals surface area contributed by atoms with E-state index in [1.807, 2.05) is 50.4 Å². The van der Waals surface area contributed by atoms with Gasteiger partial charge in [0.1, 0.15) is 31.9 Å². The third-order valence-electron chi connectivity index (χ3n) is 7.43. The lowest BCUT2D eigenvalue weighted by Crippen LogP contribution is -2.52. The quantitative estimate of drug-likeness (QED) is 0.0975. The lowest BCUT2D eigenvalue weighted by molar-refractivity contribution is -0.0693. The van der Waals surface area contributed by atoms with Gasteiger partial charge >= 0.3 is 6.09 Å². The fourth-order valence-electron chi connectivity index (χ4n) is 5.09. The van der Waals surface area contributed by atoms with Crippen molar-refractivity contribution >= 4 is 27.5 Å². The number of amides is 1. The SMILES string of the molecule is C#CCOCOC[C@@H](C)OC(=O)N[C@@H](Cc1ccc(OCc2csc(C)n2)cc1)[C@@H](CN(CC(C)C)S(=O)(=O)c1ccc2c(c1)OCO2)OC. The van der Waals surface area contributed by atoms with Crippen LogP contribution in [0.2, 0.25) is 0 Å². The molecule has 272 valence electrons. The Bertz CT molecular complexity index is 1670. The largest absolute Gasteiger partial charge is 0.487 e. The second-order valence-corrected chi connectivity index (χ2v) is 15.0. The van der Waals surface area contributed by atoms with Crippen LogP contribution >= 0.6 is 11.3 Å². The number of fused-ring (bicyclic) bond motifs is 1. The number of thiazole rings is 1. The Labute approximate surface area is 298 Å². The number of nitrogens with zero attached hydrogens (tertiary/aromatic N) is 2. The van der Waals surface area contributed by atoms with Gasteiger partial charge in [-0.15, -0.1) is 17.8 Å². The van der Waals surface area contributed by atoms with Crippen LogP contribution in [-0.2, 0) is 42.0 Å². The molecule has 0 spiro atoms. The van der Waals surface area contributed by atoms with Crippen LogP contribution in [0.3, 0.4) is 0 Å². The van der Waals surface area contributed by atoms with E-state index in [2.05, 4.69) is 16.2 Å². The predicted molar refractivity (Wildman–Crippen MR) is 187 cm³/mol. The van der Waals surface area contributed by atoms with Gasteiger partial charge in [-0.05, 0) is 56.0 Å². The minimum Gasteiger partial charge on any atom is -0.487 e. The molecule has 1 aromatic heterocycles. The smallest absolute Gasteiger partial charge is 0.407 e. The van der Waals surface area contributed by atoms with Crippen molar-refractivity contribution < 1.29 is 46.4 Å². The van der Waals surface area contributed by atoms with Crippen molar-refractivity contribution in [2.24, 2.45) is 5.92 Å². The summed E-state index contributed by atoms with van der Waals surface area (Å²) in [5, 5.41) is 5.84. The molecule has 4 rings (SSSR count). The number of aryl methyl sites for hydroxylation is 1. The number of carbonyl (C=O) groups is 1. The molecule has 1 aliphatic heterocycles. The highest BCUT2D eigenvalue weighted by molar-refractivity contribution is 7.89. The number of benzene rings is 2. The van der Waals surface area contributed by atoms with E-state index in [0.29, 0.717) is 30.3 Å². The van der Waals surface area contributed by atoms with Crippen molar-refractivity contribution in [3.8, 4) is 29.6 Å². The van der Waals surface area contributed by atoms with Gasteiger partial charge in [0.25, 0.3) is 0 Å². The number of alkyl carbamates (subject to hydrolysis) is 1. The molecule has 0 saturated carbocycles. The van der Waals surface area contributed by atoms with Gasteiger partial charge in [0.2, 0.25) is 16.8 Å². The van der Waals surface area contributed by atoms with Gasteiger partial charge in [-0.25, -0.2) is 18.2 Å². The Balaban J connectivity index is 1.52. The summed E-state index contributed by atoms with van der Waals surface area (Å²) in [6.07, 6.45) is 3.35. The molecule has 15 heteroatoms. The minimum absolute atomic E-state index is 0.0149. The molecule has 0 unspecified atom stereocenters. The van der Waals surface area contributed by atoms with Gasteiger partial charge in [0.05, 0.1) is 34.3 Å². The number of carbonyl (C=O) groups excluding carboxylic acids is 1. The van der Waals surface area contributed by atoms with Gasteiger partial charge in [-0.3, -0.25) is 0 Å². The number of methoxy groups -OCH3 is 1. The molecule has 0 bridgehead atoms. The number of rotatable bonds is 20. The fourth-order valence-corrected chi connectivity index (χ4v) is 7.32. The molecule has 0 radical (unpaired) electrons. The average molecular weight is 732 g/mol. The molecule has 1 aliphatic rings. The summed E-state index contributed by atoms with van der Waals surface area (Å²) in [6, 6.07) is 11.3.